The summed E-state index contributed by atoms with van der Waals surface area (Å²) in [7, 11) is -3.59. The minimum Gasteiger partial charge on any atom is -0.314 e. The van der Waals surface area contributed by atoms with Crippen molar-refractivity contribution in [2.45, 2.75) is 30.2 Å². The van der Waals surface area contributed by atoms with Gasteiger partial charge in [0.15, 0.2) is 0 Å². The van der Waals surface area contributed by atoms with Gasteiger partial charge in [-0.1, -0.05) is 0 Å². The number of rotatable bonds is 6. The van der Waals surface area contributed by atoms with Crippen LogP contribution >= 0.6 is 0 Å². The Kier molecular flexibility index (Phi) is 4.69. The SMILES string of the molecule is O=[N+]([O-])c1ccc(S(=O)(=O)NCCC2CCCN2)cc1. The second-order valence-electron chi connectivity index (χ2n) is 4.73. The predicted molar refractivity (Wildman–Crippen MR) is 73.9 cm³/mol. The Hall–Kier alpha value is -1.51. The maximum atomic E-state index is 12.0. The van der Waals surface area contributed by atoms with Crippen LogP contribution in [-0.4, -0.2) is 32.5 Å². The molecule has 0 amide bonds. The van der Waals surface area contributed by atoms with Gasteiger partial charge in [-0.2, -0.15) is 0 Å². The maximum Gasteiger partial charge on any atom is 0.269 e. The molecular weight excluding hydrogens is 282 g/mol. The molecule has 1 heterocycles. The number of nitro groups is 1. The first-order chi connectivity index (χ1) is 9.49. The van der Waals surface area contributed by atoms with E-state index in [1.165, 1.54) is 24.3 Å². The highest BCUT2D eigenvalue weighted by Crippen LogP contribution is 2.16. The van der Waals surface area contributed by atoms with E-state index >= 15 is 0 Å². The lowest BCUT2D eigenvalue weighted by Gasteiger charge is -2.11. The molecule has 2 N–H and O–H groups in total. The van der Waals surface area contributed by atoms with E-state index in [1.54, 1.807) is 0 Å². The summed E-state index contributed by atoms with van der Waals surface area (Å²) in [5.74, 6) is 0. The van der Waals surface area contributed by atoms with E-state index in [4.69, 9.17) is 0 Å². The van der Waals surface area contributed by atoms with Gasteiger partial charge in [0.2, 0.25) is 10.0 Å². The molecule has 1 saturated heterocycles. The summed E-state index contributed by atoms with van der Waals surface area (Å²) >= 11 is 0. The molecule has 110 valence electrons. The lowest BCUT2D eigenvalue weighted by molar-refractivity contribution is -0.384. The number of benzene rings is 1. The van der Waals surface area contributed by atoms with Crippen molar-refractivity contribution < 1.29 is 13.3 Å². The van der Waals surface area contributed by atoms with Crippen molar-refractivity contribution in [2.24, 2.45) is 0 Å². The molecule has 1 aliphatic heterocycles. The van der Waals surface area contributed by atoms with Crippen molar-refractivity contribution in [3.8, 4) is 0 Å². The third-order valence-electron chi connectivity index (χ3n) is 3.31. The first-order valence-electron chi connectivity index (χ1n) is 6.46. The summed E-state index contributed by atoms with van der Waals surface area (Å²) in [6.07, 6.45) is 2.94. The van der Waals surface area contributed by atoms with Crippen LogP contribution in [0.2, 0.25) is 0 Å². The summed E-state index contributed by atoms with van der Waals surface area (Å²) in [6.45, 7) is 1.34. The first-order valence-corrected chi connectivity index (χ1v) is 7.95. The number of non-ortho nitro benzene ring substituents is 1. The Morgan fingerprint density at radius 3 is 2.60 bits per heavy atom. The fourth-order valence-corrected chi connectivity index (χ4v) is 3.25. The van der Waals surface area contributed by atoms with Gasteiger partial charge in [-0.3, -0.25) is 10.1 Å². The third kappa shape index (κ3) is 3.75. The van der Waals surface area contributed by atoms with Crippen molar-refractivity contribution >= 4 is 15.7 Å². The zero-order valence-electron chi connectivity index (χ0n) is 10.9. The Morgan fingerprint density at radius 2 is 2.05 bits per heavy atom. The average Bonchev–Trinajstić information content (AvgIpc) is 2.92. The van der Waals surface area contributed by atoms with Crippen molar-refractivity contribution in [1.82, 2.24) is 10.0 Å². The molecule has 0 spiro atoms. The van der Waals surface area contributed by atoms with Crippen LogP contribution in [0, 0.1) is 10.1 Å². The van der Waals surface area contributed by atoms with Gasteiger partial charge in [0.1, 0.15) is 0 Å². The molecule has 8 heteroatoms. The molecule has 0 aromatic heterocycles. The summed E-state index contributed by atoms with van der Waals surface area (Å²) in [5, 5.41) is 13.8. The molecule has 0 aliphatic carbocycles. The van der Waals surface area contributed by atoms with Crippen LogP contribution in [-0.2, 0) is 10.0 Å². The van der Waals surface area contributed by atoms with E-state index in [2.05, 4.69) is 10.0 Å². The van der Waals surface area contributed by atoms with Crippen LogP contribution in [0.5, 0.6) is 0 Å². The van der Waals surface area contributed by atoms with Crippen LogP contribution in [0.15, 0.2) is 29.2 Å². The van der Waals surface area contributed by atoms with Crippen molar-refractivity contribution in [1.29, 1.82) is 0 Å². The van der Waals surface area contributed by atoms with Crippen LogP contribution < -0.4 is 10.0 Å². The summed E-state index contributed by atoms with van der Waals surface area (Å²) in [6, 6.07) is 5.23. The number of nitro benzene ring substituents is 1. The second-order valence-corrected chi connectivity index (χ2v) is 6.50. The molecule has 0 radical (unpaired) electrons. The van der Waals surface area contributed by atoms with Gasteiger partial charge in [-0.05, 0) is 37.9 Å². The van der Waals surface area contributed by atoms with Gasteiger partial charge in [-0.15, -0.1) is 0 Å². The summed E-state index contributed by atoms with van der Waals surface area (Å²) < 4.78 is 26.5. The second kappa shape index (κ2) is 6.29. The van der Waals surface area contributed by atoms with Gasteiger partial charge >= 0.3 is 0 Å². The fraction of sp³-hybridized carbons (Fsp3) is 0.500. The lowest BCUT2D eigenvalue weighted by Crippen LogP contribution is -2.30. The monoisotopic (exact) mass is 299 g/mol. The smallest absolute Gasteiger partial charge is 0.269 e. The molecule has 7 nitrogen and oxygen atoms in total. The standard InChI is InChI=1S/C12H17N3O4S/c16-15(17)11-3-5-12(6-4-11)20(18,19)14-9-7-10-2-1-8-13-10/h3-6,10,13-14H,1-2,7-9H2. The normalized spacial score (nSPS) is 19.1. The van der Waals surface area contributed by atoms with Crippen molar-refractivity contribution in [3.05, 3.63) is 34.4 Å². The topological polar surface area (TPSA) is 101 Å². The zero-order valence-corrected chi connectivity index (χ0v) is 11.7. The number of hydrogen-bond acceptors (Lipinski definition) is 5. The molecule has 0 bridgehead atoms. The number of nitrogens with one attached hydrogen (secondary N) is 2. The third-order valence-corrected chi connectivity index (χ3v) is 4.78. The highest BCUT2D eigenvalue weighted by molar-refractivity contribution is 7.89. The quantitative estimate of drug-likeness (QED) is 0.603. The van der Waals surface area contributed by atoms with Gasteiger partial charge in [0.25, 0.3) is 5.69 Å². The van der Waals surface area contributed by atoms with E-state index < -0.39 is 14.9 Å². The molecular formula is C12H17N3O4S. The zero-order chi connectivity index (χ0) is 14.6. The molecule has 20 heavy (non-hydrogen) atoms. The highest BCUT2D eigenvalue weighted by Gasteiger charge is 2.18. The van der Waals surface area contributed by atoms with E-state index in [9.17, 15) is 18.5 Å². The van der Waals surface area contributed by atoms with E-state index in [0.717, 1.165) is 25.8 Å². The molecule has 1 aromatic carbocycles. The molecule has 2 rings (SSSR count). The van der Waals surface area contributed by atoms with Crippen LogP contribution in [0.1, 0.15) is 19.3 Å². The summed E-state index contributed by atoms with van der Waals surface area (Å²) in [5.41, 5.74) is -0.126. The Balaban J connectivity index is 1.93. The van der Waals surface area contributed by atoms with Crippen LogP contribution in [0.4, 0.5) is 5.69 Å². The minimum absolute atomic E-state index is 0.0440. The highest BCUT2D eigenvalue weighted by atomic mass is 32.2. The van der Waals surface area contributed by atoms with Gasteiger partial charge < -0.3 is 5.32 Å². The van der Waals surface area contributed by atoms with E-state index in [-0.39, 0.29) is 10.6 Å². The molecule has 1 fully saturated rings. The fourth-order valence-electron chi connectivity index (χ4n) is 2.20. The van der Waals surface area contributed by atoms with Gasteiger partial charge in [-0.25, -0.2) is 13.1 Å². The molecule has 1 unspecified atom stereocenters. The summed E-state index contributed by atoms with van der Waals surface area (Å²) in [4.78, 5) is 10.00. The number of sulfonamides is 1. The maximum absolute atomic E-state index is 12.0. The lowest BCUT2D eigenvalue weighted by atomic mass is 10.2. The number of hydrogen-bond donors (Lipinski definition) is 2. The Morgan fingerprint density at radius 1 is 1.35 bits per heavy atom. The first kappa shape index (κ1) is 14.9. The molecule has 1 atom stereocenters. The minimum atomic E-state index is -3.59. The molecule has 1 aromatic rings. The van der Waals surface area contributed by atoms with Gasteiger partial charge in [0, 0.05) is 24.7 Å². The average molecular weight is 299 g/mol. The van der Waals surface area contributed by atoms with E-state index in [1.807, 2.05) is 0 Å². The Labute approximate surface area is 117 Å². The van der Waals surface area contributed by atoms with Gasteiger partial charge in [0.05, 0.1) is 9.82 Å². The number of nitrogens with zero attached hydrogens (tertiary/aromatic N) is 1. The largest absolute Gasteiger partial charge is 0.314 e. The van der Waals surface area contributed by atoms with Crippen molar-refractivity contribution in [3.63, 3.8) is 0 Å². The van der Waals surface area contributed by atoms with E-state index in [0.29, 0.717) is 12.6 Å². The molecule has 1 aliphatic rings. The van der Waals surface area contributed by atoms with Crippen LogP contribution in [0.25, 0.3) is 0 Å². The molecule has 0 saturated carbocycles. The Bertz CT molecular complexity index is 565. The van der Waals surface area contributed by atoms with Crippen LogP contribution in [0.3, 0.4) is 0 Å². The predicted octanol–water partition coefficient (Wildman–Crippen LogP) is 1.02. The van der Waals surface area contributed by atoms with Crippen molar-refractivity contribution in [2.75, 3.05) is 13.1 Å².